The summed E-state index contributed by atoms with van der Waals surface area (Å²) in [7, 11) is 1.61. The fraction of sp³-hybridized carbons (Fsp3) is 0.167. The Balaban J connectivity index is 1.63. The second-order valence-electron chi connectivity index (χ2n) is 6.77. The summed E-state index contributed by atoms with van der Waals surface area (Å²) in [6, 6.07) is 21.0. The highest BCUT2D eigenvalue weighted by atomic mass is 19.1. The van der Waals surface area contributed by atoms with Crippen molar-refractivity contribution in [2.75, 3.05) is 13.7 Å². The van der Waals surface area contributed by atoms with Crippen LogP contribution >= 0.6 is 0 Å². The number of hydrogen-bond donors (Lipinski definition) is 0. The van der Waals surface area contributed by atoms with Gasteiger partial charge in [0.15, 0.2) is 11.6 Å². The van der Waals surface area contributed by atoms with Gasteiger partial charge in [-0.15, -0.1) is 0 Å². The van der Waals surface area contributed by atoms with Gasteiger partial charge in [-0.3, -0.25) is 9.36 Å². The molecule has 0 radical (unpaired) electrons. The number of ether oxygens (including phenoxy) is 2. The molecule has 0 fully saturated rings. The second-order valence-corrected chi connectivity index (χ2v) is 6.77. The van der Waals surface area contributed by atoms with Gasteiger partial charge in [-0.1, -0.05) is 24.3 Å². The van der Waals surface area contributed by atoms with E-state index in [0.717, 1.165) is 11.3 Å². The fourth-order valence-corrected chi connectivity index (χ4v) is 3.30. The third-order valence-corrected chi connectivity index (χ3v) is 4.83. The first kappa shape index (κ1) is 19.6. The number of hydrogen-bond acceptors (Lipinski definition) is 4. The predicted octanol–water partition coefficient (Wildman–Crippen LogP) is 4.68. The lowest BCUT2D eigenvalue weighted by atomic mass is 10.1. The van der Waals surface area contributed by atoms with Crippen LogP contribution in [0.3, 0.4) is 0 Å². The van der Waals surface area contributed by atoms with Gasteiger partial charge in [0.25, 0.3) is 5.56 Å². The number of para-hydroxylation sites is 2. The molecule has 5 nitrogen and oxygen atoms in total. The Kier molecular flexibility index (Phi) is 5.75. The van der Waals surface area contributed by atoms with Crippen LogP contribution in [0.1, 0.15) is 6.42 Å². The molecule has 0 N–H and O–H groups in total. The molecule has 0 aliphatic heterocycles. The van der Waals surface area contributed by atoms with Crippen LogP contribution in [0.5, 0.6) is 11.5 Å². The van der Waals surface area contributed by atoms with E-state index in [-0.39, 0.29) is 17.9 Å². The van der Waals surface area contributed by atoms with Crippen molar-refractivity contribution >= 4 is 10.9 Å². The summed E-state index contributed by atoms with van der Waals surface area (Å²) < 4.78 is 26.1. The highest BCUT2D eigenvalue weighted by Crippen LogP contribution is 2.22. The third kappa shape index (κ3) is 4.03. The number of methoxy groups -OCH3 is 1. The number of halogens is 1. The zero-order valence-corrected chi connectivity index (χ0v) is 16.5. The van der Waals surface area contributed by atoms with Crippen molar-refractivity contribution in [3.63, 3.8) is 0 Å². The smallest absolute Gasteiger partial charge is 0.261 e. The number of benzene rings is 3. The normalized spacial score (nSPS) is 10.9. The van der Waals surface area contributed by atoms with Gasteiger partial charge < -0.3 is 9.47 Å². The Morgan fingerprint density at radius 3 is 2.47 bits per heavy atom. The summed E-state index contributed by atoms with van der Waals surface area (Å²) >= 11 is 0. The van der Waals surface area contributed by atoms with E-state index in [9.17, 15) is 9.18 Å². The molecule has 0 saturated heterocycles. The van der Waals surface area contributed by atoms with Crippen molar-refractivity contribution in [3.8, 4) is 22.9 Å². The molecule has 1 heterocycles. The Bertz CT molecular complexity index is 1220. The molecule has 0 amide bonds. The second kappa shape index (κ2) is 8.78. The van der Waals surface area contributed by atoms with E-state index in [1.54, 1.807) is 35.9 Å². The van der Waals surface area contributed by atoms with Gasteiger partial charge >= 0.3 is 0 Å². The van der Waals surface area contributed by atoms with Crippen molar-refractivity contribution < 1.29 is 13.9 Å². The first-order valence-electron chi connectivity index (χ1n) is 9.69. The zero-order valence-electron chi connectivity index (χ0n) is 16.5. The summed E-state index contributed by atoms with van der Waals surface area (Å²) in [6.45, 7) is 0.675. The molecule has 0 spiro atoms. The van der Waals surface area contributed by atoms with E-state index in [2.05, 4.69) is 0 Å². The van der Waals surface area contributed by atoms with E-state index in [0.29, 0.717) is 29.7 Å². The fourth-order valence-electron chi connectivity index (χ4n) is 3.30. The summed E-state index contributed by atoms with van der Waals surface area (Å²) in [5.74, 6) is 1.11. The van der Waals surface area contributed by atoms with E-state index >= 15 is 0 Å². The van der Waals surface area contributed by atoms with Crippen molar-refractivity contribution in [1.82, 2.24) is 9.55 Å². The Hall–Kier alpha value is -3.67. The molecule has 0 unspecified atom stereocenters. The maximum absolute atomic E-state index is 13.7. The van der Waals surface area contributed by atoms with Gasteiger partial charge in [0, 0.05) is 12.1 Å². The van der Waals surface area contributed by atoms with Gasteiger partial charge in [0.05, 0.1) is 24.6 Å². The van der Waals surface area contributed by atoms with Crippen LogP contribution in [0.25, 0.3) is 22.3 Å². The van der Waals surface area contributed by atoms with Crippen molar-refractivity contribution in [3.05, 3.63) is 89.0 Å². The molecule has 4 rings (SSSR count). The average molecular weight is 404 g/mol. The summed E-state index contributed by atoms with van der Waals surface area (Å²) in [5, 5.41) is 0.560. The topological polar surface area (TPSA) is 53.3 Å². The molecular formula is C24H21FN2O3. The highest BCUT2D eigenvalue weighted by molar-refractivity contribution is 5.79. The maximum atomic E-state index is 13.7. The molecule has 152 valence electrons. The lowest BCUT2D eigenvalue weighted by Gasteiger charge is -2.14. The minimum atomic E-state index is -0.402. The van der Waals surface area contributed by atoms with Crippen molar-refractivity contribution in [1.29, 1.82) is 0 Å². The zero-order chi connectivity index (χ0) is 20.9. The van der Waals surface area contributed by atoms with Crippen molar-refractivity contribution in [2.45, 2.75) is 13.0 Å². The number of aromatic nitrogens is 2. The van der Waals surface area contributed by atoms with Gasteiger partial charge in [-0.05, 0) is 55.0 Å². The quantitative estimate of drug-likeness (QED) is 0.420. The molecule has 0 bridgehead atoms. The average Bonchev–Trinajstić information content (AvgIpc) is 2.79. The van der Waals surface area contributed by atoms with Crippen molar-refractivity contribution in [2.24, 2.45) is 0 Å². The molecular weight excluding hydrogens is 383 g/mol. The van der Waals surface area contributed by atoms with Gasteiger partial charge in [0.1, 0.15) is 11.6 Å². The van der Waals surface area contributed by atoms with Gasteiger partial charge in [-0.25, -0.2) is 9.37 Å². The van der Waals surface area contributed by atoms with Crippen LogP contribution in [0.2, 0.25) is 0 Å². The molecule has 3 aromatic carbocycles. The van der Waals surface area contributed by atoms with Crippen LogP contribution in [0, 0.1) is 5.82 Å². The Morgan fingerprint density at radius 2 is 1.70 bits per heavy atom. The van der Waals surface area contributed by atoms with E-state index in [4.69, 9.17) is 14.5 Å². The van der Waals surface area contributed by atoms with Crippen LogP contribution < -0.4 is 15.0 Å². The third-order valence-electron chi connectivity index (χ3n) is 4.83. The number of nitrogens with zero attached hydrogens (tertiary/aromatic N) is 2. The minimum absolute atomic E-state index is 0.114. The van der Waals surface area contributed by atoms with Crippen LogP contribution in [0.15, 0.2) is 77.6 Å². The lowest BCUT2D eigenvalue weighted by molar-refractivity contribution is 0.287. The standard InChI is InChI=1S/C24H21FN2O3/c1-29-18-13-11-17(12-14-18)23-26-21-9-4-2-7-19(21)24(28)27(23)15-6-16-30-22-10-5-3-8-20(22)25/h2-5,7-14H,6,15-16H2,1H3. The molecule has 30 heavy (non-hydrogen) atoms. The molecule has 0 atom stereocenters. The molecule has 0 aliphatic carbocycles. The van der Waals surface area contributed by atoms with Gasteiger partial charge in [0.2, 0.25) is 0 Å². The molecule has 1 aromatic heterocycles. The summed E-state index contributed by atoms with van der Waals surface area (Å²) in [5.41, 5.74) is 1.35. The molecule has 0 aliphatic rings. The largest absolute Gasteiger partial charge is 0.497 e. The van der Waals surface area contributed by atoms with E-state index < -0.39 is 5.82 Å². The van der Waals surface area contributed by atoms with Crippen LogP contribution in [0.4, 0.5) is 4.39 Å². The lowest BCUT2D eigenvalue weighted by Crippen LogP contribution is -2.24. The molecule has 6 heteroatoms. The number of rotatable bonds is 7. The number of fused-ring (bicyclic) bond motifs is 1. The van der Waals surface area contributed by atoms with Crippen LogP contribution in [-0.4, -0.2) is 23.3 Å². The Morgan fingerprint density at radius 1 is 0.967 bits per heavy atom. The van der Waals surface area contributed by atoms with Gasteiger partial charge in [-0.2, -0.15) is 0 Å². The first-order chi connectivity index (χ1) is 14.7. The Labute approximate surface area is 173 Å². The predicted molar refractivity (Wildman–Crippen MR) is 115 cm³/mol. The minimum Gasteiger partial charge on any atom is -0.497 e. The molecule has 4 aromatic rings. The van der Waals surface area contributed by atoms with Crippen LogP contribution in [-0.2, 0) is 6.54 Å². The maximum Gasteiger partial charge on any atom is 0.261 e. The monoisotopic (exact) mass is 404 g/mol. The first-order valence-corrected chi connectivity index (χ1v) is 9.69. The highest BCUT2D eigenvalue weighted by Gasteiger charge is 2.13. The SMILES string of the molecule is COc1ccc(-c2nc3ccccc3c(=O)n2CCCOc2ccccc2F)cc1. The summed E-state index contributed by atoms with van der Waals surface area (Å²) in [4.78, 5) is 17.9. The summed E-state index contributed by atoms with van der Waals surface area (Å²) in [6.07, 6.45) is 0.525. The molecule has 0 saturated carbocycles. The van der Waals surface area contributed by atoms with E-state index in [1.807, 2.05) is 42.5 Å². The van der Waals surface area contributed by atoms with E-state index in [1.165, 1.54) is 6.07 Å².